The third kappa shape index (κ3) is 4.94. The van der Waals surface area contributed by atoms with Crippen molar-refractivity contribution in [3.8, 4) is 0 Å². The van der Waals surface area contributed by atoms with E-state index in [1.807, 2.05) is 4.57 Å². The van der Waals surface area contributed by atoms with Crippen molar-refractivity contribution in [2.24, 2.45) is 17.6 Å². The molecular weight excluding hydrogens is 492 g/mol. The molecule has 3 heterocycles. The molecule has 5 rings (SSSR count). The number of aromatic nitrogens is 4. The fourth-order valence-electron chi connectivity index (χ4n) is 5.05. The van der Waals surface area contributed by atoms with Crippen molar-refractivity contribution >= 4 is 46.3 Å². The van der Waals surface area contributed by atoms with Crippen molar-refractivity contribution in [2.75, 3.05) is 23.8 Å². The summed E-state index contributed by atoms with van der Waals surface area (Å²) < 4.78 is 35.6. The lowest BCUT2D eigenvalue weighted by atomic mass is 9.85. The van der Waals surface area contributed by atoms with Crippen LogP contribution in [0, 0.1) is 23.5 Å². The molecule has 1 saturated heterocycles. The van der Waals surface area contributed by atoms with E-state index in [1.165, 1.54) is 0 Å². The highest BCUT2D eigenvalue weighted by atomic mass is 35.5. The van der Waals surface area contributed by atoms with Crippen LogP contribution in [0.1, 0.15) is 45.1 Å². The van der Waals surface area contributed by atoms with Gasteiger partial charge in [0.1, 0.15) is 11.3 Å². The first-order chi connectivity index (χ1) is 17.3. The maximum atomic E-state index is 14.6. The van der Waals surface area contributed by atoms with Crippen LogP contribution >= 0.6 is 11.6 Å². The molecule has 4 N–H and O–H groups in total. The predicted octanol–water partition coefficient (Wildman–Crippen LogP) is 4.56. The van der Waals surface area contributed by atoms with Gasteiger partial charge in [-0.2, -0.15) is 4.98 Å². The first-order valence-electron chi connectivity index (χ1n) is 12.1. The van der Waals surface area contributed by atoms with E-state index >= 15 is 0 Å². The number of carbonyl (C=O) groups is 1. The molecule has 2 atom stereocenters. The molecule has 0 unspecified atom stereocenters. The Morgan fingerprint density at radius 1 is 1.19 bits per heavy atom. The number of amides is 1. The third-order valence-corrected chi connectivity index (χ3v) is 7.39. The van der Waals surface area contributed by atoms with Crippen LogP contribution in [0.2, 0.25) is 5.02 Å². The maximum absolute atomic E-state index is 14.6. The zero-order valence-electron chi connectivity index (χ0n) is 19.8. The molecule has 1 amide bonds. The first kappa shape index (κ1) is 24.6. The fraction of sp³-hybridized carbons (Fsp3) is 0.500. The summed E-state index contributed by atoms with van der Waals surface area (Å²) in [5, 5.41) is 6.25. The Morgan fingerprint density at radius 2 is 1.97 bits per heavy atom. The van der Waals surface area contributed by atoms with Crippen LogP contribution in [0.25, 0.3) is 11.2 Å². The number of nitrogens with one attached hydrogen (secondary N) is 2. The summed E-state index contributed by atoms with van der Waals surface area (Å²) in [5.74, 6) is -1.02. The van der Waals surface area contributed by atoms with Gasteiger partial charge in [0.2, 0.25) is 17.8 Å². The Balaban J connectivity index is 1.53. The lowest BCUT2D eigenvalue weighted by Gasteiger charge is -2.30. The highest BCUT2D eigenvalue weighted by Crippen LogP contribution is 2.38. The van der Waals surface area contributed by atoms with E-state index in [0.29, 0.717) is 67.9 Å². The van der Waals surface area contributed by atoms with Crippen LogP contribution in [-0.2, 0) is 9.53 Å². The summed E-state index contributed by atoms with van der Waals surface area (Å²) in [6, 6.07) is 1.90. The van der Waals surface area contributed by atoms with E-state index in [2.05, 4.69) is 27.5 Å². The van der Waals surface area contributed by atoms with E-state index in [1.54, 1.807) is 6.20 Å². The molecule has 12 heteroatoms. The fourth-order valence-corrected chi connectivity index (χ4v) is 5.29. The zero-order valence-corrected chi connectivity index (χ0v) is 20.6. The Hall–Kier alpha value is -3.05. The molecule has 2 aromatic heterocycles. The normalized spacial score (nSPS) is 24.6. The molecule has 0 spiro atoms. The molecule has 2 aliphatic rings. The summed E-state index contributed by atoms with van der Waals surface area (Å²) in [7, 11) is 0. The molecule has 3 aromatic rings. The van der Waals surface area contributed by atoms with Gasteiger partial charge >= 0.3 is 0 Å². The lowest BCUT2D eigenvalue weighted by Crippen LogP contribution is -2.36. The van der Waals surface area contributed by atoms with Gasteiger partial charge < -0.3 is 21.1 Å². The van der Waals surface area contributed by atoms with Crippen LogP contribution in [0.4, 0.5) is 26.4 Å². The van der Waals surface area contributed by atoms with E-state index in [0.717, 1.165) is 18.6 Å². The van der Waals surface area contributed by atoms with Gasteiger partial charge in [0.15, 0.2) is 11.5 Å². The molecule has 1 aromatic carbocycles. The highest BCUT2D eigenvalue weighted by Gasteiger charge is 2.30. The Morgan fingerprint density at radius 3 is 2.67 bits per heavy atom. The number of hydrogen-bond acceptors (Lipinski definition) is 7. The van der Waals surface area contributed by atoms with Gasteiger partial charge in [0, 0.05) is 30.7 Å². The quantitative estimate of drug-likeness (QED) is 0.437. The number of nitrogens with zero attached hydrogens (tertiary/aromatic N) is 4. The molecule has 0 radical (unpaired) electrons. The Kier molecular flexibility index (Phi) is 6.94. The predicted molar refractivity (Wildman–Crippen MR) is 132 cm³/mol. The first-order valence-corrected chi connectivity index (χ1v) is 12.5. The smallest absolute Gasteiger partial charge is 0.224 e. The van der Waals surface area contributed by atoms with Crippen LogP contribution < -0.4 is 16.4 Å². The van der Waals surface area contributed by atoms with Crippen LogP contribution in [0.15, 0.2) is 18.3 Å². The van der Waals surface area contributed by atoms with E-state index < -0.39 is 11.6 Å². The number of nitrogens with two attached hydrogens (primary N) is 1. The number of ether oxygens (including phenoxy) is 1. The van der Waals surface area contributed by atoms with Crippen molar-refractivity contribution in [1.82, 2.24) is 19.5 Å². The number of benzene rings is 1. The number of anilines is 3. The second kappa shape index (κ2) is 10.1. The molecular formula is C24H28ClF2N7O2. The molecule has 9 nitrogen and oxygen atoms in total. The lowest BCUT2D eigenvalue weighted by molar-refractivity contribution is -0.122. The standard InChI is InChI=1S/C24H28ClF2N7O2/c1-12-11-36-7-6-18(12)30-23-29-10-19-22(33-23)34(15-4-2-13(3-5-15)21(28)35)24(31-19)32-20-16(25)8-14(26)9-17(20)27/h8-10,12-13,15,18H,2-7,11H2,1H3,(H2,28,35)(H,31,32)(H,29,30,33)/t12-,13-,15-,18-/m1/s1. The molecule has 1 aliphatic carbocycles. The number of rotatable bonds is 6. The van der Waals surface area contributed by atoms with Crippen molar-refractivity contribution in [2.45, 2.75) is 51.1 Å². The Bertz CT molecular complexity index is 1260. The number of primary amides is 1. The molecule has 2 fully saturated rings. The number of carbonyl (C=O) groups excluding carboxylic acids is 1. The molecule has 192 valence electrons. The summed E-state index contributed by atoms with van der Waals surface area (Å²) >= 11 is 6.14. The van der Waals surface area contributed by atoms with Gasteiger partial charge in [-0.3, -0.25) is 9.36 Å². The van der Waals surface area contributed by atoms with E-state index in [9.17, 15) is 13.6 Å². The summed E-state index contributed by atoms with van der Waals surface area (Å²) in [5.41, 5.74) is 6.52. The summed E-state index contributed by atoms with van der Waals surface area (Å²) in [6.07, 6.45) is 5.04. The second-order valence-electron chi connectivity index (χ2n) is 9.58. The van der Waals surface area contributed by atoms with Crippen molar-refractivity contribution < 1.29 is 18.3 Å². The Labute approximate surface area is 211 Å². The third-order valence-electron chi connectivity index (χ3n) is 7.10. The molecule has 36 heavy (non-hydrogen) atoms. The van der Waals surface area contributed by atoms with E-state index in [-0.39, 0.29) is 34.6 Å². The van der Waals surface area contributed by atoms with Crippen molar-refractivity contribution in [3.05, 3.63) is 35.0 Å². The summed E-state index contributed by atoms with van der Waals surface area (Å²) in [6.45, 7) is 3.45. The van der Waals surface area contributed by atoms with Crippen LogP contribution in [-0.4, -0.2) is 44.7 Å². The SMILES string of the molecule is C[C@@H]1COCC[C@H]1Nc1ncc2nc(Nc3c(F)cc(F)cc3Cl)n([C@H]3CC[C@H](C(N)=O)CC3)c2n1. The topological polar surface area (TPSA) is 120 Å². The molecule has 1 saturated carbocycles. The van der Waals surface area contributed by atoms with Crippen molar-refractivity contribution in [1.29, 1.82) is 0 Å². The second-order valence-corrected chi connectivity index (χ2v) is 9.98. The number of fused-ring (bicyclic) bond motifs is 1. The van der Waals surface area contributed by atoms with Gasteiger partial charge in [-0.05, 0) is 44.1 Å². The minimum atomic E-state index is -0.835. The maximum Gasteiger partial charge on any atom is 0.224 e. The van der Waals surface area contributed by atoms with Gasteiger partial charge in [-0.25, -0.2) is 18.7 Å². The van der Waals surface area contributed by atoms with Crippen LogP contribution in [0.3, 0.4) is 0 Å². The monoisotopic (exact) mass is 519 g/mol. The average Bonchev–Trinajstić information content (AvgIpc) is 3.20. The summed E-state index contributed by atoms with van der Waals surface area (Å²) in [4.78, 5) is 25.5. The largest absolute Gasteiger partial charge is 0.381 e. The number of hydrogen-bond donors (Lipinski definition) is 3. The van der Waals surface area contributed by atoms with Gasteiger partial charge in [-0.1, -0.05) is 18.5 Å². The zero-order chi connectivity index (χ0) is 25.4. The highest BCUT2D eigenvalue weighted by molar-refractivity contribution is 6.33. The van der Waals surface area contributed by atoms with Crippen molar-refractivity contribution in [3.63, 3.8) is 0 Å². The minimum absolute atomic E-state index is 0.0693. The molecule has 1 aliphatic heterocycles. The van der Waals surface area contributed by atoms with Gasteiger partial charge in [0.05, 0.1) is 23.5 Å². The number of imidazole rings is 1. The van der Waals surface area contributed by atoms with E-state index in [4.69, 9.17) is 27.1 Å². The van der Waals surface area contributed by atoms with Crippen LogP contribution in [0.5, 0.6) is 0 Å². The van der Waals surface area contributed by atoms with Gasteiger partial charge in [0.25, 0.3) is 0 Å². The number of halogens is 3. The molecule has 0 bridgehead atoms. The van der Waals surface area contributed by atoms with Gasteiger partial charge in [-0.15, -0.1) is 0 Å². The average molecular weight is 520 g/mol. The minimum Gasteiger partial charge on any atom is -0.381 e.